The van der Waals surface area contributed by atoms with Crippen LogP contribution in [0.4, 0.5) is 5.13 Å². The van der Waals surface area contributed by atoms with Gasteiger partial charge in [-0.05, 0) is 62.6 Å². The highest BCUT2D eigenvalue weighted by Gasteiger charge is 2.48. The van der Waals surface area contributed by atoms with Gasteiger partial charge in [0, 0.05) is 5.56 Å². The molecule has 0 aliphatic carbocycles. The van der Waals surface area contributed by atoms with Gasteiger partial charge in [0.15, 0.2) is 16.6 Å². The molecule has 5 rings (SSSR count). The normalized spacial score (nSPS) is 17.1. The first-order valence-corrected chi connectivity index (χ1v) is 12.7. The van der Waals surface area contributed by atoms with E-state index in [4.69, 9.17) is 9.72 Å². The second-order valence-corrected chi connectivity index (χ2v) is 10.1. The quantitative estimate of drug-likeness (QED) is 0.194. The van der Waals surface area contributed by atoms with Crippen LogP contribution in [-0.2, 0) is 9.59 Å². The Bertz CT molecular complexity index is 1590. The summed E-state index contributed by atoms with van der Waals surface area (Å²) < 4.78 is 6.47. The standard InChI is InChI=1S/C29H26N2O5S/c1-5-36-21-14-19(10-11-20(21)32)25-23(26(33)18-8-6-15(2)7-9-18)27(34)28(35)31(25)29-30-24-17(4)12-16(3)13-22(24)37-29/h6-14,25,32-33H,5H2,1-4H3. The molecule has 1 amide bonds. The van der Waals surface area contributed by atoms with E-state index in [1.807, 2.05) is 45.0 Å². The topological polar surface area (TPSA) is 100.0 Å². The molecule has 37 heavy (non-hydrogen) atoms. The third kappa shape index (κ3) is 4.23. The van der Waals surface area contributed by atoms with Crippen LogP contribution in [0.3, 0.4) is 0 Å². The number of carbonyl (C=O) groups is 2. The first kappa shape index (κ1) is 24.5. The lowest BCUT2D eigenvalue weighted by molar-refractivity contribution is -0.132. The molecule has 0 radical (unpaired) electrons. The molecule has 188 valence electrons. The molecule has 0 spiro atoms. The number of Topliss-reactive ketones (excluding diaryl/α,β-unsaturated/α-hetero) is 1. The number of phenols is 1. The second kappa shape index (κ2) is 9.37. The monoisotopic (exact) mass is 514 g/mol. The number of thiazole rings is 1. The van der Waals surface area contributed by atoms with Crippen LogP contribution < -0.4 is 9.64 Å². The zero-order valence-electron chi connectivity index (χ0n) is 20.9. The van der Waals surface area contributed by atoms with Crippen LogP contribution in [0, 0.1) is 20.8 Å². The zero-order valence-corrected chi connectivity index (χ0v) is 21.7. The molecule has 4 aromatic rings. The number of hydrogen-bond donors (Lipinski definition) is 2. The van der Waals surface area contributed by atoms with Crippen molar-refractivity contribution >= 4 is 44.1 Å². The number of aliphatic hydroxyl groups excluding tert-OH is 1. The van der Waals surface area contributed by atoms with Gasteiger partial charge in [-0.1, -0.05) is 53.3 Å². The fourth-order valence-corrected chi connectivity index (χ4v) is 5.81. The summed E-state index contributed by atoms with van der Waals surface area (Å²) in [5.74, 6) is -1.70. The third-order valence-corrected chi connectivity index (χ3v) is 7.40. The second-order valence-electron chi connectivity index (χ2n) is 9.12. The fourth-order valence-electron chi connectivity index (χ4n) is 4.65. The summed E-state index contributed by atoms with van der Waals surface area (Å²) in [6, 6.07) is 14.8. The predicted octanol–water partition coefficient (Wildman–Crippen LogP) is 5.95. The molecule has 1 aliphatic rings. The number of ether oxygens (including phenoxy) is 1. The highest BCUT2D eigenvalue weighted by Crippen LogP contribution is 2.46. The summed E-state index contributed by atoms with van der Waals surface area (Å²) in [6.45, 7) is 7.98. The van der Waals surface area contributed by atoms with Crippen molar-refractivity contribution in [3.8, 4) is 11.5 Å². The summed E-state index contributed by atoms with van der Waals surface area (Å²) >= 11 is 1.31. The molecular weight excluding hydrogens is 488 g/mol. The molecule has 1 aromatic heterocycles. The number of phenolic OH excluding ortho intramolecular Hbond substituents is 1. The van der Waals surface area contributed by atoms with E-state index in [2.05, 4.69) is 0 Å². The van der Waals surface area contributed by atoms with E-state index < -0.39 is 17.7 Å². The largest absolute Gasteiger partial charge is 0.507 e. The number of aromatic nitrogens is 1. The van der Waals surface area contributed by atoms with Gasteiger partial charge in [0.1, 0.15) is 5.76 Å². The Kier molecular flexibility index (Phi) is 6.21. The Morgan fingerprint density at radius 3 is 2.46 bits per heavy atom. The van der Waals surface area contributed by atoms with Crippen molar-refractivity contribution in [1.82, 2.24) is 4.98 Å². The number of carbonyl (C=O) groups excluding carboxylic acids is 2. The number of rotatable bonds is 5. The number of amides is 1. The van der Waals surface area contributed by atoms with E-state index in [-0.39, 0.29) is 22.8 Å². The first-order valence-electron chi connectivity index (χ1n) is 11.9. The maximum absolute atomic E-state index is 13.5. The van der Waals surface area contributed by atoms with Crippen molar-refractivity contribution in [2.24, 2.45) is 0 Å². The van der Waals surface area contributed by atoms with Gasteiger partial charge in [0.05, 0.1) is 28.4 Å². The smallest absolute Gasteiger partial charge is 0.301 e. The Labute approximate surface area is 218 Å². The number of benzene rings is 3. The fraction of sp³-hybridized carbons (Fsp3) is 0.207. The van der Waals surface area contributed by atoms with Gasteiger partial charge in [-0.3, -0.25) is 14.5 Å². The van der Waals surface area contributed by atoms with Crippen LogP contribution in [0.25, 0.3) is 16.0 Å². The molecule has 7 nitrogen and oxygen atoms in total. The highest BCUT2D eigenvalue weighted by atomic mass is 32.1. The van der Waals surface area contributed by atoms with Crippen molar-refractivity contribution < 1.29 is 24.5 Å². The molecule has 0 bridgehead atoms. The Morgan fingerprint density at radius 1 is 1.03 bits per heavy atom. The number of aryl methyl sites for hydroxylation is 3. The molecule has 1 saturated heterocycles. The predicted molar refractivity (Wildman–Crippen MR) is 144 cm³/mol. The molecule has 2 heterocycles. The Hall–Kier alpha value is -4.17. The Balaban J connectivity index is 1.75. The average molecular weight is 515 g/mol. The number of ketones is 1. The van der Waals surface area contributed by atoms with Crippen LogP contribution >= 0.6 is 11.3 Å². The summed E-state index contributed by atoms with van der Waals surface area (Å²) in [5, 5.41) is 22.0. The molecule has 0 saturated carbocycles. The van der Waals surface area contributed by atoms with E-state index in [9.17, 15) is 19.8 Å². The molecule has 8 heteroatoms. The lowest BCUT2D eigenvalue weighted by atomic mass is 9.95. The van der Waals surface area contributed by atoms with Crippen molar-refractivity contribution in [2.45, 2.75) is 33.7 Å². The van der Waals surface area contributed by atoms with Crippen molar-refractivity contribution in [1.29, 1.82) is 0 Å². The van der Waals surface area contributed by atoms with Gasteiger partial charge in [0.2, 0.25) is 0 Å². The number of hydrogen-bond acceptors (Lipinski definition) is 7. The zero-order chi connectivity index (χ0) is 26.4. The minimum Gasteiger partial charge on any atom is -0.507 e. The van der Waals surface area contributed by atoms with E-state index in [0.717, 1.165) is 26.9 Å². The van der Waals surface area contributed by atoms with Crippen molar-refractivity contribution in [3.05, 3.63) is 88.0 Å². The van der Waals surface area contributed by atoms with Gasteiger partial charge in [-0.25, -0.2) is 4.98 Å². The molecule has 1 atom stereocenters. The first-order chi connectivity index (χ1) is 17.7. The van der Waals surface area contributed by atoms with Crippen LogP contribution in [0.1, 0.15) is 40.8 Å². The average Bonchev–Trinajstić information content (AvgIpc) is 3.39. The van der Waals surface area contributed by atoms with Crippen LogP contribution in [-0.4, -0.2) is 33.5 Å². The molecular formula is C29H26N2O5S. The minimum atomic E-state index is -0.969. The van der Waals surface area contributed by atoms with Crippen molar-refractivity contribution in [2.75, 3.05) is 11.5 Å². The number of nitrogens with zero attached hydrogens (tertiary/aromatic N) is 2. The van der Waals surface area contributed by atoms with E-state index in [0.29, 0.717) is 22.9 Å². The lowest BCUT2D eigenvalue weighted by Crippen LogP contribution is -2.29. The van der Waals surface area contributed by atoms with Crippen LogP contribution in [0.15, 0.2) is 60.2 Å². The van der Waals surface area contributed by atoms with Crippen molar-refractivity contribution in [3.63, 3.8) is 0 Å². The number of aromatic hydroxyl groups is 1. The molecule has 1 unspecified atom stereocenters. The Morgan fingerprint density at radius 2 is 1.76 bits per heavy atom. The van der Waals surface area contributed by atoms with Crippen LogP contribution in [0.2, 0.25) is 0 Å². The molecule has 1 aliphatic heterocycles. The third-order valence-electron chi connectivity index (χ3n) is 6.39. The maximum atomic E-state index is 13.5. The van der Waals surface area contributed by atoms with E-state index in [1.54, 1.807) is 31.2 Å². The summed E-state index contributed by atoms with van der Waals surface area (Å²) in [5.41, 5.74) is 4.66. The lowest BCUT2D eigenvalue weighted by Gasteiger charge is -2.23. The number of anilines is 1. The van der Waals surface area contributed by atoms with E-state index in [1.165, 1.54) is 22.3 Å². The summed E-state index contributed by atoms with van der Waals surface area (Å²) in [4.78, 5) is 33.0. The van der Waals surface area contributed by atoms with Gasteiger partial charge in [-0.15, -0.1) is 0 Å². The SMILES string of the molecule is CCOc1cc(C2C(=C(O)c3ccc(C)cc3)C(=O)C(=O)N2c2nc3c(C)cc(C)cc3s2)ccc1O. The molecule has 1 fully saturated rings. The van der Waals surface area contributed by atoms with Crippen LogP contribution in [0.5, 0.6) is 11.5 Å². The van der Waals surface area contributed by atoms with Gasteiger partial charge < -0.3 is 14.9 Å². The van der Waals surface area contributed by atoms with E-state index >= 15 is 0 Å². The highest BCUT2D eigenvalue weighted by molar-refractivity contribution is 7.22. The van der Waals surface area contributed by atoms with Gasteiger partial charge >= 0.3 is 5.91 Å². The summed E-state index contributed by atoms with van der Waals surface area (Å²) in [6.07, 6.45) is 0. The van der Waals surface area contributed by atoms with Gasteiger partial charge in [0.25, 0.3) is 5.78 Å². The maximum Gasteiger partial charge on any atom is 0.301 e. The summed E-state index contributed by atoms with van der Waals surface area (Å²) in [7, 11) is 0. The number of fused-ring (bicyclic) bond motifs is 1. The molecule has 3 aromatic carbocycles. The number of aliphatic hydroxyl groups is 1. The van der Waals surface area contributed by atoms with Gasteiger partial charge in [-0.2, -0.15) is 0 Å². The minimum absolute atomic E-state index is 0.0471. The molecule has 2 N–H and O–H groups in total.